The molecule has 4 rings (SSSR count). The lowest BCUT2D eigenvalue weighted by Gasteiger charge is -2.27. The predicted octanol–water partition coefficient (Wildman–Crippen LogP) is 5.63. The number of halogens is 1. The van der Waals surface area contributed by atoms with Crippen molar-refractivity contribution in [1.29, 1.82) is 0 Å². The number of ketones is 1. The van der Waals surface area contributed by atoms with Crippen LogP contribution in [-0.4, -0.2) is 11.9 Å². The molecule has 0 N–H and O–H groups in total. The summed E-state index contributed by atoms with van der Waals surface area (Å²) < 4.78 is 0.923. The first kappa shape index (κ1) is 19.8. The minimum atomic E-state index is -2.15. The number of rotatable bonds is 6. The van der Waals surface area contributed by atoms with Crippen LogP contribution in [0.25, 0.3) is 0 Å². The third-order valence-electron chi connectivity index (χ3n) is 5.12. The smallest absolute Gasteiger partial charge is 0.201 e. The van der Waals surface area contributed by atoms with Gasteiger partial charge in [0.05, 0.1) is 0 Å². The normalized spacial score (nSPS) is 11.2. The third kappa shape index (κ3) is 4.10. The Labute approximate surface area is 180 Å². The van der Waals surface area contributed by atoms with Crippen LogP contribution < -0.4 is 15.9 Å². The summed E-state index contributed by atoms with van der Waals surface area (Å²) in [7, 11) is -2.15. The average Bonchev–Trinajstić information content (AvgIpc) is 2.79. The van der Waals surface area contributed by atoms with Gasteiger partial charge in [0.2, 0.25) is 5.78 Å². The highest BCUT2D eigenvalue weighted by molar-refractivity contribution is 9.10. The lowest BCUT2D eigenvalue weighted by molar-refractivity contribution is 0.102. The van der Waals surface area contributed by atoms with E-state index in [2.05, 4.69) is 88.7 Å². The van der Waals surface area contributed by atoms with E-state index in [4.69, 9.17) is 0 Å². The van der Waals surface area contributed by atoms with Crippen molar-refractivity contribution >= 4 is 44.9 Å². The van der Waals surface area contributed by atoms with Gasteiger partial charge in [-0.05, 0) is 48.5 Å². The van der Waals surface area contributed by atoms with Crippen molar-refractivity contribution in [3.63, 3.8) is 0 Å². The SMILES string of the molecule is O=C(C[P+](c1ccccc1)(c1ccccc1)c1ccccc1)c1cccc(Br)c1. The van der Waals surface area contributed by atoms with Crippen LogP contribution in [0.4, 0.5) is 0 Å². The van der Waals surface area contributed by atoms with E-state index >= 15 is 0 Å². The van der Waals surface area contributed by atoms with Crippen molar-refractivity contribution in [2.45, 2.75) is 0 Å². The topological polar surface area (TPSA) is 17.1 Å². The number of carbonyl (C=O) groups excluding carboxylic acids is 1. The van der Waals surface area contributed by atoms with Gasteiger partial charge in [-0.25, -0.2) is 0 Å². The lowest BCUT2D eigenvalue weighted by atomic mass is 10.1. The fraction of sp³-hybridized carbons (Fsp3) is 0.0385. The number of hydrogen-bond donors (Lipinski definition) is 0. The molecule has 0 fully saturated rings. The third-order valence-corrected chi connectivity index (χ3v) is 9.91. The van der Waals surface area contributed by atoms with Crippen molar-refractivity contribution in [2.75, 3.05) is 6.16 Å². The Bertz CT molecular complexity index is 998. The van der Waals surface area contributed by atoms with Gasteiger partial charge in [0.15, 0.2) is 0 Å². The highest BCUT2D eigenvalue weighted by atomic mass is 79.9. The molecule has 0 aliphatic heterocycles. The van der Waals surface area contributed by atoms with Crippen LogP contribution in [0.5, 0.6) is 0 Å². The van der Waals surface area contributed by atoms with Crippen LogP contribution in [0, 0.1) is 0 Å². The maximum absolute atomic E-state index is 13.5. The van der Waals surface area contributed by atoms with E-state index in [0.717, 1.165) is 10.0 Å². The van der Waals surface area contributed by atoms with Gasteiger partial charge in [0, 0.05) is 10.0 Å². The molecule has 0 spiro atoms. The molecule has 0 amide bonds. The van der Waals surface area contributed by atoms with Gasteiger partial charge in [-0.2, -0.15) is 0 Å². The van der Waals surface area contributed by atoms with Crippen LogP contribution in [0.3, 0.4) is 0 Å². The van der Waals surface area contributed by atoms with Crippen LogP contribution in [0.15, 0.2) is 120 Å². The van der Waals surface area contributed by atoms with Crippen molar-refractivity contribution in [3.05, 3.63) is 125 Å². The van der Waals surface area contributed by atoms with E-state index in [-0.39, 0.29) is 5.78 Å². The maximum Gasteiger partial charge on any atom is 0.201 e. The first-order chi connectivity index (χ1) is 14.2. The molecule has 4 aromatic carbocycles. The minimum absolute atomic E-state index is 0.163. The Morgan fingerprint density at radius 2 is 1.07 bits per heavy atom. The molecule has 29 heavy (non-hydrogen) atoms. The van der Waals surface area contributed by atoms with Crippen LogP contribution in [0.1, 0.15) is 10.4 Å². The zero-order valence-electron chi connectivity index (χ0n) is 15.9. The van der Waals surface area contributed by atoms with Crippen molar-refractivity contribution in [3.8, 4) is 0 Å². The summed E-state index contributed by atoms with van der Waals surface area (Å²) in [5.74, 6) is 0.163. The molecule has 4 aromatic rings. The largest absolute Gasteiger partial charge is 0.290 e. The monoisotopic (exact) mass is 459 g/mol. The molecule has 0 aliphatic rings. The van der Waals surface area contributed by atoms with Gasteiger partial charge in [0.1, 0.15) is 29.3 Å². The molecule has 0 saturated carbocycles. The summed E-state index contributed by atoms with van der Waals surface area (Å²) in [5, 5.41) is 3.67. The number of benzene rings is 4. The summed E-state index contributed by atoms with van der Waals surface area (Å²) in [4.78, 5) is 13.5. The van der Waals surface area contributed by atoms with E-state index in [1.807, 2.05) is 42.5 Å². The molecule has 0 heterocycles. The second-order valence-corrected chi connectivity index (χ2v) is 11.3. The first-order valence-electron chi connectivity index (χ1n) is 9.54. The van der Waals surface area contributed by atoms with E-state index in [1.54, 1.807) is 0 Å². The summed E-state index contributed by atoms with van der Waals surface area (Å²) in [6, 6.07) is 39.2. The van der Waals surface area contributed by atoms with E-state index < -0.39 is 7.26 Å². The molecule has 142 valence electrons. The van der Waals surface area contributed by atoms with Crippen molar-refractivity contribution in [2.24, 2.45) is 0 Å². The molecule has 0 bridgehead atoms. The molecule has 0 radical (unpaired) electrons. The summed E-state index contributed by atoms with van der Waals surface area (Å²) in [6.07, 6.45) is 0.460. The van der Waals surface area contributed by atoms with Gasteiger partial charge in [-0.15, -0.1) is 0 Å². The molecule has 0 unspecified atom stereocenters. The summed E-state index contributed by atoms with van der Waals surface area (Å²) in [6.45, 7) is 0. The molecule has 0 saturated heterocycles. The van der Waals surface area contributed by atoms with E-state index in [9.17, 15) is 4.79 Å². The standard InChI is InChI=1S/C26H21BrOP/c27-22-12-10-11-21(19-22)26(28)20-29(23-13-4-1-5-14-23,24-15-6-2-7-16-24)25-17-8-3-9-18-25/h1-19H,20H2/q+1. The van der Waals surface area contributed by atoms with Crippen molar-refractivity contribution in [1.82, 2.24) is 0 Å². The van der Waals surface area contributed by atoms with Gasteiger partial charge >= 0.3 is 0 Å². The quantitative estimate of drug-likeness (QED) is 0.270. The minimum Gasteiger partial charge on any atom is -0.290 e. The predicted molar refractivity (Wildman–Crippen MR) is 128 cm³/mol. The Morgan fingerprint density at radius 3 is 1.48 bits per heavy atom. The Kier molecular flexibility index (Phi) is 6.04. The molecular weight excluding hydrogens is 439 g/mol. The second-order valence-electron chi connectivity index (χ2n) is 6.91. The van der Waals surface area contributed by atoms with Gasteiger partial charge in [0.25, 0.3) is 0 Å². The fourth-order valence-electron chi connectivity index (χ4n) is 3.74. The highest BCUT2D eigenvalue weighted by Crippen LogP contribution is 2.55. The lowest BCUT2D eigenvalue weighted by Crippen LogP contribution is -2.35. The van der Waals surface area contributed by atoms with Crippen LogP contribution in [0.2, 0.25) is 0 Å². The van der Waals surface area contributed by atoms with Gasteiger partial charge in [-0.3, -0.25) is 4.79 Å². The second kappa shape index (κ2) is 8.86. The van der Waals surface area contributed by atoms with Crippen LogP contribution in [-0.2, 0) is 0 Å². The average molecular weight is 460 g/mol. The first-order valence-corrected chi connectivity index (χ1v) is 12.3. The number of hydrogen-bond acceptors (Lipinski definition) is 1. The van der Waals surface area contributed by atoms with Crippen LogP contribution >= 0.6 is 23.2 Å². The Morgan fingerprint density at radius 1 is 0.621 bits per heavy atom. The number of Topliss-reactive ketones (excluding diaryl/α,β-unsaturated/α-hetero) is 1. The Hall–Kier alpha value is -2.54. The zero-order valence-corrected chi connectivity index (χ0v) is 18.4. The number of carbonyl (C=O) groups is 1. The highest BCUT2D eigenvalue weighted by Gasteiger charge is 2.47. The summed E-state index contributed by atoms with van der Waals surface area (Å²) in [5.41, 5.74) is 0.742. The van der Waals surface area contributed by atoms with Crippen molar-refractivity contribution < 1.29 is 4.79 Å². The van der Waals surface area contributed by atoms with E-state index in [0.29, 0.717) is 6.16 Å². The summed E-state index contributed by atoms with van der Waals surface area (Å²) >= 11 is 3.50. The van der Waals surface area contributed by atoms with E-state index in [1.165, 1.54) is 15.9 Å². The zero-order chi connectivity index (χ0) is 20.1. The maximum atomic E-state index is 13.5. The molecule has 0 aliphatic carbocycles. The fourth-order valence-corrected chi connectivity index (χ4v) is 8.24. The molecule has 3 heteroatoms. The van der Waals surface area contributed by atoms with Gasteiger partial charge < -0.3 is 0 Å². The Balaban J connectivity index is 1.94. The molecule has 1 nitrogen and oxygen atoms in total. The van der Waals surface area contributed by atoms with Gasteiger partial charge in [-0.1, -0.05) is 82.7 Å². The molecule has 0 aromatic heterocycles. The molecular formula is C26H21BrOP+. The molecule has 0 atom stereocenters.